The van der Waals surface area contributed by atoms with Crippen molar-refractivity contribution >= 4 is 41.1 Å². The SMILES string of the molecule is CN(C(=O)NCc1cccc(F)c1Cl)[C@@H](CCCCO)COC(=O)Nc1cc(-c2ccccc2Cl)on1. The minimum Gasteiger partial charge on any atom is -0.447 e. The Morgan fingerprint density at radius 3 is 2.73 bits per heavy atom. The van der Waals surface area contributed by atoms with Crippen molar-refractivity contribution in [3.05, 3.63) is 70.0 Å². The molecule has 3 N–H and O–H groups in total. The Bertz CT molecular complexity index is 1210. The topological polar surface area (TPSA) is 117 Å². The first-order chi connectivity index (χ1) is 17.8. The Labute approximate surface area is 223 Å². The minimum absolute atomic E-state index is 0.00195. The predicted molar refractivity (Wildman–Crippen MR) is 138 cm³/mol. The van der Waals surface area contributed by atoms with Gasteiger partial charge in [-0.15, -0.1) is 0 Å². The molecule has 3 rings (SSSR count). The summed E-state index contributed by atoms with van der Waals surface area (Å²) in [4.78, 5) is 26.5. The Balaban J connectivity index is 1.56. The maximum atomic E-state index is 13.7. The Morgan fingerprint density at radius 2 is 1.97 bits per heavy atom. The molecule has 3 amide bonds. The molecule has 2 aromatic carbocycles. The van der Waals surface area contributed by atoms with Crippen LogP contribution in [-0.2, 0) is 11.3 Å². The van der Waals surface area contributed by atoms with Crippen LogP contribution >= 0.6 is 23.2 Å². The average molecular weight is 553 g/mol. The Morgan fingerprint density at radius 1 is 1.19 bits per heavy atom. The highest BCUT2D eigenvalue weighted by Gasteiger charge is 2.22. The van der Waals surface area contributed by atoms with Crippen LogP contribution in [0.3, 0.4) is 0 Å². The van der Waals surface area contributed by atoms with Crippen molar-refractivity contribution in [2.24, 2.45) is 0 Å². The first-order valence-electron chi connectivity index (χ1n) is 11.5. The minimum atomic E-state index is -0.786. The lowest BCUT2D eigenvalue weighted by Crippen LogP contribution is -2.46. The molecule has 9 nitrogen and oxygen atoms in total. The fourth-order valence-corrected chi connectivity index (χ4v) is 3.88. The average Bonchev–Trinajstić information content (AvgIpc) is 3.34. The zero-order chi connectivity index (χ0) is 26.8. The van der Waals surface area contributed by atoms with Crippen molar-refractivity contribution in [3.63, 3.8) is 0 Å². The number of nitrogens with one attached hydrogen (secondary N) is 2. The van der Waals surface area contributed by atoms with Gasteiger partial charge in [-0.3, -0.25) is 5.32 Å². The lowest BCUT2D eigenvalue weighted by Gasteiger charge is -2.28. The second-order valence-electron chi connectivity index (χ2n) is 8.14. The number of halogens is 3. The monoisotopic (exact) mass is 552 g/mol. The molecule has 3 aromatic rings. The van der Waals surface area contributed by atoms with Crippen molar-refractivity contribution in [3.8, 4) is 11.3 Å². The summed E-state index contributed by atoms with van der Waals surface area (Å²) in [6, 6.07) is 11.9. The molecule has 0 aliphatic rings. The van der Waals surface area contributed by atoms with Gasteiger partial charge in [0.25, 0.3) is 0 Å². The number of hydrogen-bond acceptors (Lipinski definition) is 6. The summed E-state index contributed by atoms with van der Waals surface area (Å²) in [7, 11) is 1.56. The summed E-state index contributed by atoms with van der Waals surface area (Å²) in [5.41, 5.74) is 1.05. The number of urea groups is 1. The van der Waals surface area contributed by atoms with Crippen LogP contribution in [0.15, 0.2) is 53.1 Å². The summed E-state index contributed by atoms with van der Waals surface area (Å²) in [5.74, 6) is -0.0680. The van der Waals surface area contributed by atoms with Gasteiger partial charge in [0.2, 0.25) is 0 Å². The summed E-state index contributed by atoms with van der Waals surface area (Å²) in [5, 5.41) is 18.5. The first kappa shape index (κ1) is 28.2. The van der Waals surface area contributed by atoms with Gasteiger partial charge < -0.3 is 24.6 Å². The van der Waals surface area contributed by atoms with Crippen LogP contribution in [0.2, 0.25) is 10.0 Å². The van der Waals surface area contributed by atoms with Gasteiger partial charge in [0.15, 0.2) is 11.6 Å². The van der Waals surface area contributed by atoms with E-state index >= 15 is 0 Å². The van der Waals surface area contributed by atoms with Gasteiger partial charge in [-0.2, -0.15) is 0 Å². The van der Waals surface area contributed by atoms with Crippen LogP contribution in [0.5, 0.6) is 0 Å². The van der Waals surface area contributed by atoms with Gasteiger partial charge >= 0.3 is 12.1 Å². The highest BCUT2D eigenvalue weighted by molar-refractivity contribution is 6.33. The quantitative estimate of drug-likeness (QED) is 0.262. The van der Waals surface area contributed by atoms with Crippen LogP contribution in [0, 0.1) is 5.82 Å². The molecule has 37 heavy (non-hydrogen) atoms. The van der Waals surface area contributed by atoms with Gasteiger partial charge in [-0.25, -0.2) is 14.0 Å². The van der Waals surface area contributed by atoms with E-state index in [2.05, 4.69) is 15.8 Å². The molecule has 0 unspecified atom stereocenters. The molecule has 0 fully saturated rings. The second kappa shape index (κ2) is 13.8. The normalized spacial score (nSPS) is 11.6. The first-order valence-corrected chi connectivity index (χ1v) is 12.3. The van der Waals surface area contributed by atoms with Crippen molar-refractivity contribution in [1.82, 2.24) is 15.4 Å². The molecule has 1 heterocycles. The number of carbonyl (C=O) groups excluding carboxylic acids is 2. The van der Waals surface area contributed by atoms with Crippen LogP contribution in [0.1, 0.15) is 24.8 Å². The molecular formula is C25H27Cl2FN4O5. The summed E-state index contributed by atoms with van der Waals surface area (Å²) in [6.07, 6.45) is 0.815. The van der Waals surface area contributed by atoms with E-state index in [-0.39, 0.29) is 30.6 Å². The molecular weight excluding hydrogens is 526 g/mol. The smallest absolute Gasteiger partial charge is 0.412 e. The van der Waals surface area contributed by atoms with E-state index < -0.39 is 24.0 Å². The van der Waals surface area contributed by atoms with Crippen molar-refractivity contribution < 1.29 is 28.3 Å². The van der Waals surface area contributed by atoms with Crippen molar-refractivity contribution in [2.45, 2.75) is 31.8 Å². The number of amides is 3. The maximum absolute atomic E-state index is 13.7. The zero-order valence-electron chi connectivity index (χ0n) is 20.0. The van der Waals surface area contributed by atoms with Crippen LogP contribution in [-0.4, -0.2) is 53.6 Å². The van der Waals surface area contributed by atoms with E-state index in [1.807, 2.05) is 0 Å². The number of rotatable bonds is 11. The highest BCUT2D eigenvalue weighted by Crippen LogP contribution is 2.29. The molecule has 0 saturated heterocycles. The number of ether oxygens (including phenoxy) is 1. The third kappa shape index (κ3) is 8.08. The molecule has 198 valence electrons. The third-order valence-electron chi connectivity index (χ3n) is 5.56. The van der Waals surface area contributed by atoms with E-state index in [4.69, 9.17) is 37.6 Å². The van der Waals surface area contributed by atoms with Gasteiger partial charge in [0, 0.05) is 31.8 Å². The van der Waals surface area contributed by atoms with E-state index in [9.17, 15) is 14.0 Å². The fraction of sp³-hybridized carbons (Fsp3) is 0.320. The molecule has 1 atom stereocenters. The van der Waals surface area contributed by atoms with Crippen molar-refractivity contribution in [2.75, 3.05) is 25.6 Å². The third-order valence-corrected chi connectivity index (χ3v) is 6.31. The number of nitrogens with zero attached hydrogens (tertiary/aromatic N) is 2. The summed E-state index contributed by atoms with van der Waals surface area (Å²) in [6.45, 7) is -0.0938. The number of aliphatic hydroxyl groups excluding tert-OH is 1. The van der Waals surface area contributed by atoms with Crippen molar-refractivity contribution in [1.29, 1.82) is 0 Å². The Hall–Kier alpha value is -3.34. The molecule has 0 radical (unpaired) electrons. The van der Waals surface area contributed by atoms with Crippen LogP contribution in [0.25, 0.3) is 11.3 Å². The zero-order valence-corrected chi connectivity index (χ0v) is 21.6. The summed E-state index contributed by atoms with van der Waals surface area (Å²) >= 11 is 12.1. The number of hydrogen-bond donors (Lipinski definition) is 3. The van der Waals surface area contributed by atoms with E-state index in [1.54, 1.807) is 37.4 Å². The largest absolute Gasteiger partial charge is 0.447 e. The van der Waals surface area contributed by atoms with E-state index in [0.29, 0.717) is 41.2 Å². The molecule has 12 heteroatoms. The summed E-state index contributed by atoms with van der Waals surface area (Å²) < 4.78 is 24.2. The standard InChI is InChI=1S/C25H27Cl2FN4O5/c1-32(24(34)29-14-16-7-6-11-20(28)23(16)27)17(8-4-5-12-33)15-36-25(35)30-22-13-21(37-31-22)18-9-2-3-10-19(18)26/h2-3,6-7,9-11,13,17,33H,4-5,8,12,14-15H2,1H3,(H,29,34)(H,30,31,35)/t17-/m0/s1. The van der Waals surface area contributed by atoms with E-state index in [0.717, 1.165) is 0 Å². The lowest BCUT2D eigenvalue weighted by atomic mass is 10.1. The van der Waals surface area contributed by atoms with E-state index in [1.165, 1.54) is 23.1 Å². The number of anilines is 1. The number of carbonyl (C=O) groups is 2. The highest BCUT2D eigenvalue weighted by atomic mass is 35.5. The molecule has 0 aliphatic heterocycles. The second-order valence-corrected chi connectivity index (χ2v) is 8.92. The Kier molecular flexibility index (Phi) is 10.6. The molecule has 1 aromatic heterocycles. The molecule has 0 spiro atoms. The number of likely N-dealkylation sites (N-methyl/N-ethyl adjacent to an activating group) is 1. The molecule has 0 aliphatic carbocycles. The number of unbranched alkanes of at least 4 members (excludes halogenated alkanes) is 1. The molecule has 0 saturated carbocycles. The van der Waals surface area contributed by atoms with Crippen LogP contribution in [0.4, 0.5) is 19.8 Å². The lowest BCUT2D eigenvalue weighted by molar-refractivity contribution is 0.112. The number of aromatic nitrogens is 1. The number of aliphatic hydroxyl groups is 1. The predicted octanol–water partition coefficient (Wildman–Crippen LogP) is 5.71. The van der Waals surface area contributed by atoms with Gasteiger partial charge in [0.1, 0.15) is 12.4 Å². The fourth-order valence-electron chi connectivity index (χ4n) is 3.46. The van der Waals surface area contributed by atoms with Crippen LogP contribution < -0.4 is 10.6 Å². The number of benzene rings is 2. The molecule has 0 bridgehead atoms. The van der Waals surface area contributed by atoms with Gasteiger partial charge in [0.05, 0.1) is 16.1 Å². The van der Waals surface area contributed by atoms with Gasteiger partial charge in [-0.05, 0) is 43.0 Å². The van der Waals surface area contributed by atoms with Gasteiger partial charge in [-0.1, -0.05) is 52.6 Å². The maximum Gasteiger partial charge on any atom is 0.412 e.